The minimum atomic E-state index is -0.540. The van der Waals surface area contributed by atoms with Gasteiger partial charge in [-0.3, -0.25) is 0 Å². The molecule has 0 aliphatic heterocycles. The average molecular weight is 267 g/mol. The monoisotopic (exact) mass is 267 g/mol. The molecule has 2 aromatic rings. The lowest BCUT2D eigenvalue weighted by Crippen LogP contribution is -2.22. The van der Waals surface area contributed by atoms with Crippen molar-refractivity contribution in [3.8, 4) is 0 Å². The van der Waals surface area contributed by atoms with Crippen LogP contribution in [0.3, 0.4) is 0 Å². The van der Waals surface area contributed by atoms with Gasteiger partial charge >= 0.3 is 0 Å². The maximum atomic E-state index is 13.5. The fraction of sp³-hybridized carbons (Fsp3) is 0.286. The summed E-state index contributed by atoms with van der Waals surface area (Å²) in [6, 6.07) is 5.66. The Labute approximate surface area is 109 Å². The van der Waals surface area contributed by atoms with E-state index in [2.05, 4.69) is 16.8 Å². The van der Waals surface area contributed by atoms with Crippen LogP contribution in [-0.4, -0.2) is 6.54 Å². The molecule has 0 amide bonds. The molecule has 0 fully saturated rings. The van der Waals surface area contributed by atoms with E-state index in [-0.39, 0.29) is 6.04 Å². The molecule has 0 radical (unpaired) electrons. The van der Waals surface area contributed by atoms with Crippen molar-refractivity contribution >= 4 is 11.3 Å². The summed E-state index contributed by atoms with van der Waals surface area (Å²) in [5.41, 5.74) is 1.78. The Morgan fingerprint density at radius 3 is 2.78 bits per heavy atom. The first-order valence-electron chi connectivity index (χ1n) is 5.86. The molecular formula is C14H15F2NS. The van der Waals surface area contributed by atoms with Crippen molar-refractivity contribution in [3.63, 3.8) is 0 Å². The minimum Gasteiger partial charge on any atom is -0.310 e. The quantitative estimate of drug-likeness (QED) is 0.865. The Kier molecular flexibility index (Phi) is 4.44. The Morgan fingerprint density at radius 2 is 2.11 bits per heavy atom. The van der Waals surface area contributed by atoms with Gasteiger partial charge in [0.15, 0.2) is 0 Å². The van der Waals surface area contributed by atoms with Crippen LogP contribution in [0, 0.1) is 11.6 Å². The lowest BCUT2D eigenvalue weighted by Gasteiger charge is -2.14. The van der Waals surface area contributed by atoms with Crippen LogP contribution in [-0.2, 0) is 6.42 Å². The fourth-order valence-corrected chi connectivity index (χ4v) is 2.53. The van der Waals surface area contributed by atoms with Crippen LogP contribution < -0.4 is 5.32 Å². The maximum Gasteiger partial charge on any atom is 0.130 e. The highest BCUT2D eigenvalue weighted by atomic mass is 32.1. The van der Waals surface area contributed by atoms with Crippen LogP contribution in [0.2, 0.25) is 0 Å². The third-order valence-corrected chi connectivity index (χ3v) is 3.61. The molecule has 0 spiro atoms. The predicted molar refractivity (Wildman–Crippen MR) is 70.8 cm³/mol. The van der Waals surface area contributed by atoms with Crippen molar-refractivity contribution < 1.29 is 8.78 Å². The molecule has 1 heterocycles. The van der Waals surface area contributed by atoms with Crippen molar-refractivity contribution in [3.05, 3.63) is 57.8 Å². The molecule has 1 aromatic heterocycles. The van der Waals surface area contributed by atoms with Gasteiger partial charge in [0.1, 0.15) is 11.6 Å². The Bertz CT molecular complexity index is 497. The molecule has 0 aliphatic rings. The molecule has 0 saturated carbocycles. The van der Waals surface area contributed by atoms with Crippen LogP contribution in [0.4, 0.5) is 8.78 Å². The van der Waals surface area contributed by atoms with E-state index in [1.165, 1.54) is 17.7 Å². The molecule has 0 saturated heterocycles. The zero-order valence-electron chi connectivity index (χ0n) is 10.1. The van der Waals surface area contributed by atoms with Gasteiger partial charge in [-0.2, -0.15) is 11.3 Å². The molecule has 0 aliphatic carbocycles. The van der Waals surface area contributed by atoms with E-state index in [1.54, 1.807) is 11.3 Å². The smallest absolute Gasteiger partial charge is 0.130 e. The SMILES string of the molecule is CC(NCCc1ccsc1)c1ccc(F)cc1F. The summed E-state index contributed by atoms with van der Waals surface area (Å²) >= 11 is 1.67. The standard InChI is InChI=1S/C14H15F2NS/c1-10(13-3-2-12(15)8-14(13)16)17-6-4-11-5-7-18-9-11/h2-3,5,7-10,17H,4,6H2,1H3. The summed E-state index contributed by atoms with van der Waals surface area (Å²) in [7, 11) is 0. The van der Waals surface area contributed by atoms with Gasteiger partial charge in [-0.15, -0.1) is 0 Å². The second-order valence-corrected chi connectivity index (χ2v) is 5.00. The van der Waals surface area contributed by atoms with E-state index in [1.807, 2.05) is 12.3 Å². The predicted octanol–water partition coefficient (Wildman–Crippen LogP) is 3.92. The van der Waals surface area contributed by atoms with Crippen molar-refractivity contribution in [2.24, 2.45) is 0 Å². The lowest BCUT2D eigenvalue weighted by atomic mass is 10.1. The molecule has 96 valence electrons. The molecule has 2 rings (SSSR count). The number of halogens is 2. The number of benzene rings is 1. The van der Waals surface area contributed by atoms with Crippen molar-refractivity contribution in [2.75, 3.05) is 6.54 Å². The Balaban J connectivity index is 1.89. The van der Waals surface area contributed by atoms with E-state index in [4.69, 9.17) is 0 Å². The summed E-state index contributed by atoms with van der Waals surface area (Å²) in [5.74, 6) is -1.03. The highest BCUT2D eigenvalue weighted by Crippen LogP contribution is 2.17. The van der Waals surface area contributed by atoms with E-state index < -0.39 is 11.6 Å². The van der Waals surface area contributed by atoms with E-state index in [9.17, 15) is 8.78 Å². The summed E-state index contributed by atoms with van der Waals surface area (Å²) in [4.78, 5) is 0. The Hall–Kier alpha value is -1.26. The van der Waals surface area contributed by atoms with Crippen molar-refractivity contribution in [1.29, 1.82) is 0 Å². The van der Waals surface area contributed by atoms with E-state index in [0.717, 1.165) is 19.0 Å². The maximum absolute atomic E-state index is 13.5. The summed E-state index contributed by atoms with van der Waals surface area (Å²) in [6.07, 6.45) is 0.913. The number of nitrogens with one attached hydrogen (secondary N) is 1. The second kappa shape index (κ2) is 6.07. The summed E-state index contributed by atoms with van der Waals surface area (Å²) < 4.78 is 26.3. The third kappa shape index (κ3) is 3.37. The average Bonchev–Trinajstić information content (AvgIpc) is 2.81. The van der Waals surface area contributed by atoms with Gasteiger partial charge in [0.05, 0.1) is 0 Å². The Morgan fingerprint density at radius 1 is 1.28 bits per heavy atom. The minimum absolute atomic E-state index is 0.121. The topological polar surface area (TPSA) is 12.0 Å². The molecular weight excluding hydrogens is 252 g/mol. The normalized spacial score (nSPS) is 12.6. The van der Waals surface area contributed by atoms with E-state index in [0.29, 0.717) is 5.56 Å². The first kappa shape index (κ1) is 13.2. The van der Waals surface area contributed by atoms with Crippen LogP contribution in [0.1, 0.15) is 24.1 Å². The van der Waals surface area contributed by atoms with Crippen LogP contribution in [0.5, 0.6) is 0 Å². The van der Waals surface area contributed by atoms with Crippen LogP contribution >= 0.6 is 11.3 Å². The largest absolute Gasteiger partial charge is 0.310 e. The van der Waals surface area contributed by atoms with Gasteiger partial charge in [0.2, 0.25) is 0 Å². The zero-order chi connectivity index (χ0) is 13.0. The van der Waals surface area contributed by atoms with Gasteiger partial charge < -0.3 is 5.32 Å². The zero-order valence-corrected chi connectivity index (χ0v) is 10.9. The molecule has 1 atom stereocenters. The number of rotatable bonds is 5. The molecule has 1 N–H and O–H groups in total. The number of hydrogen-bond acceptors (Lipinski definition) is 2. The summed E-state index contributed by atoms with van der Waals surface area (Å²) in [6.45, 7) is 2.65. The number of hydrogen-bond donors (Lipinski definition) is 1. The van der Waals surface area contributed by atoms with Gasteiger partial charge in [0, 0.05) is 17.7 Å². The van der Waals surface area contributed by atoms with Crippen LogP contribution in [0.15, 0.2) is 35.0 Å². The van der Waals surface area contributed by atoms with Gasteiger partial charge in [-0.1, -0.05) is 6.07 Å². The summed E-state index contributed by atoms with van der Waals surface area (Å²) in [5, 5.41) is 7.38. The highest BCUT2D eigenvalue weighted by molar-refractivity contribution is 7.07. The second-order valence-electron chi connectivity index (χ2n) is 4.22. The fourth-order valence-electron chi connectivity index (χ4n) is 1.83. The molecule has 4 heteroatoms. The van der Waals surface area contributed by atoms with Gasteiger partial charge in [0.25, 0.3) is 0 Å². The lowest BCUT2D eigenvalue weighted by molar-refractivity contribution is 0.520. The third-order valence-electron chi connectivity index (χ3n) is 2.87. The molecule has 1 aromatic carbocycles. The molecule has 0 bridgehead atoms. The first-order valence-corrected chi connectivity index (χ1v) is 6.80. The van der Waals surface area contributed by atoms with Crippen LogP contribution in [0.25, 0.3) is 0 Å². The van der Waals surface area contributed by atoms with Gasteiger partial charge in [-0.05, 0) is 48.3 Å². The van der Waals surface area contributed by atoms with Crippen molar-refractivity contribution in [1.82, 2.24) is 5.32 Å². The van der Waals surface area contributed by atoms with Crippen molar-refractivity contribution in [2.45, 2.75) is 19.4 Å². The highest BCUT2D eigenvalue weighted by Gasteiger charge is 2.10. The molecule has 1 unspecified atom stereocenters. The first-order chi connectivity index (χ1) is 8.66. The molecule has 1 nitrogen and oxygen atoms in total. The number of thiophene rings is 1. The van der Waals surface area contributed by atoms with Gasteiger partial charge in [-0.25, -0.2) is 8.78 Å². The van der Waals surface area contributed by atoms with E-state index >= 15 is 0 Å². The molecule has 18 heavy (non-hydrogen) atoms.